The van der Waals surface area contributed by atoms with Crippen molar-refractivity contribution in [3.63, 3.8) is 0 Å². The van der Waals surface area contributed by atoms with Crippen LogP contribution in [0.25, 0.3) is 0 Å². The second-order valence-corrected chi connectivity index (χ2v) is 11.6. The molecule has 4 aromatic carbocycles. The fraction of sp³-hybridized carbons (Fsp3) is 0.216. The Bertz CT molecular complexity index is 1820. The van der Waals surface area contributed by atoms with E-state index in [1.54, 1.807) is 36.4 Å². The van der Waals surface area contributed by atoms with Crippen LogP contribution in [0.4, 0.5) is 27.4 Å². The van der Waals surface area contributed by atoms with Crippen LogP contribution in [0.1, 0.15) is 27.0 Å². The number of anilines is 4. The van der Waals surface area contributed by atoms with Crippen LogP contribution >= 0.6 is 0 Å². The van der Waals surface area contributed by atoms with Gasteiger partial charge in [0.05, 0.1) is 5.69 Å². The van der Waals surface area contributed by atoms with Gasteiger partial charge in [0, 0.05) is 43.8 Å². The summed E-state index contributed by atoms with van der Waals surface area (Å²) in [6, 6.07) is 27.7. The first-order valence-corrected chi connectivity index (χ1v) is 15.5. The third-order valence-corrected chi connectivity index (χ3v) is 8.05. The SMILES string of the molecule is Cc1cccc(C)c1NC(=O)c1cnc(Nc2ccc(N3CCN(C)CC3)c(F)c2)nc1Oc1ccc(OCc2ccccc2)cc1. The molecule has 0 saturated carbocycles. The molecule has 1 aliphatic heterocycles. The van der Waals surface area contributed by atoms with E-state index in [1.165, 1.54) is 12.3 Å². The molecule has 47 heavy (non-hydrogen) atoms. The van der Waals surface area contributed by atoms with E-state index in [4.69, 9.17) is 9.47 Å². The molecule has 1 aromatic heterocycles. The van der Waals surface area contributed by atoms with Crippen molar-refractivity contribution in [2.75, 3.05) is 48.8 Å². The predicted octanol–water partition coefficient (Wildman–Crippen LogP) is 7.35. The van der Waals surface area contributed by atoms with Crippen molar-refractivity contribution in [1.82, 2.24) is 14.9 Å². The lowest BCUT2D eigenvalue weighted by atomic mass is 10.1. The van der Waals surface area contributed by atoms with E-state index in [-0.39, 0.29) is 23.2 Å². The van der Waals surface area contributed by atoms with Crippen LogP contribution < -0.4 is 25.0 Å². The van der Waals surface area contributed by atoms with Crippen molar-refractivity contribution in [3.8, 4) is 17.4 Å². The highest BCUT2D eigenvalue weighted by Crippen LogP contribution is 2.30. The van der Waals surface area contributed by atoms with Gasteiger partial charge in [-0.2, -0.15) is 4.98 Å². The Morgan fingerprint density at radius 2 is 1.57 bits per heavy atom. The standard InChI is InChI=1S/C37H37FN6O3/c1-25-8-7-9-26(2)34(25)41-35(45)31-23-39-37(40-28-12-17-33(32(38)22-28)44-20-18-43(3)19-21-44)42-36(31)47-30-15-13-29(14-16-30)46-24-27-10-5-4-6-11-27/h4-17,22-23H,18-21,24H2,1-3H3,(H,41,45)(H,39,40,42). The van der Waals surface area contributed by atoms with Gasteiger partial charge in [0.15, 0.2) is 0 Å². The molecular formula is C37H37FN6O3. The summed E-state index contributed by atoms with van der Waals surface area (Å²) in [7, 11) is 2.06. The predicted molar refractivity (Wildman–Crippen MR) is 183 cm³/mol. The third kappa shape index (κ3) is 7.85. The summed E-state index contributed by atoms with van der Waals surface area (Å²) in [6.07, 6.45) is 1.40. The molecule has 2 heterocycles. The Labute approximate surface area is 274 Å². The number of ether oxygens (including phenoxy) is 2. The second kappa shape index (κ2) is 14.3. The number of nitrogens with one attached hydrogen (secondary N) is 2. The maximum atomic E-state index is 15.2. The number of hydrogen-bond acceptors (Lipinski definition) is 8. The van der Waals surface area contributed by atoms with Gasteiger partial charge in [0.1, 0.15) is 29.5 Å². The molecule has 240 valence electrons. The number of carbonyl (C=O) groups is 1. The Kier molecular flexibility index (Phi) is 9.59. The lowest BCUT2D eigenvalue weighted by molar-refractivity contribution is 0.102. The van der Waals surface area contributed by atoms with Crippen molar-refractivity contribution >= 4 is 28.9 Å². The lowest BCUT2D eigenvalue weighted by Gasteiger charge is -2.34. The molecule has 1 amide bonds. The number of aromatic nitrogens is 2. The van der Waals surface area contributed by atoms with Crippen molar-refractivity contribution in [3.05, 3.63) is 125 Å². The average molecular weight is 633 g/mol. The van der Waals surface area contributed by atoms with Crippen LogP contribution in [-0.4, -0.2) is 54.0 Å². The molecule has 1 aliphatic rings. The van der Waals surface area contributed by atoms with E-state index >= 15 is 4.39 Å². The minimum atomic E-state index is -0.422. The third-order valence-electron chi connectivity index (χ3n) is 8.05. The molecule has 0 atom stereocenters. The molecule has 0 radical (unpaired) electrons. The van der Waals surface area contributed by atoms with Crippen molar-refractivity contribution in [2.24, 2.45) is 0 Å². The molecule has 0 spiro atoms. The van der Waals surface area contributed by atoms with Gasteiger partial charge in [-0.3, -0.25) is 4.79 Å². The smallest absolute Gasteiger partial charge is 0.262 e. The summed E-state index contributed by atoms with van der Waals surface area (Å²) in [5.74, 6) is 0.549. The summed E-state index contributed by atoms with van der Waals surface area (Å²) in [4.78, 5) is 26.8. The van der Waals surface area contributed by atoms with Crippen LogP contribution in [0.15, 0.2) is 97.2 Å². The monoisotopic (exact) mass is 632 g/mol. The van der Waals surface area contributed by atoms with Gasteiger partial charge in [-0.1, -0.05) is 48.5 Å². The molecule has 6 rings (SSSR count). The molecule has 10 heteroatoms. The van der Waals surface area contributed by atoms with E-state index in [2.05, 4.69) is 32.5 Å². The number of benzene rings is 4. The fourth-order valence-corrected chi connectivity index (χ4v) is 5.33. The first-order chi connectivity index (χ1) is 22.8. The number of likely N-dealkylation sites (N-methyl/N-ethyl adjacent to an activating group) is 1. The first kappa shape index (κ1) is 31.5. The summed E-state index contributed by atoms with van der Waals surface area (Å²) in [5, 5.41) is 6.05. The lowest BCUT2D eigenvalue weighted by Crippen LogP contribution is -2.44. The normalized spacial score (nSPS) is 13.2. The van der Waals surface area contributed by atoms with Crippen LogP contribution in [0, 0.1) is 19.7 Å². The van der Waals surface area contributed by atoms with E-state index < -0.39 is 5.91 Å². The van der Waals surface area contributed by atoms with Crippen molar-refractivity contribution < 1.29 is 18.7 Å². The molecule has 5 aromatic rings. The van der Waals surface area contributed by atoms with E-state index in [0.29, 0.717) is 35.2 Å². The summed E-state index contributed by atoms with van der Waals surface area (Å²) < 4.78 is 27.3. The average Bonchev–Trinajstić information content (AvgIpc) is 3.07. The maximum Gasteiger partial charge on any atom is 0.262 e. The van der Waals surface area contributed by atoms with E-state index in [0.717, 1.165) is 42.9 Å². The highest BCUT2D eigenvalue weighted by molar-refractivity contribution is 6.06. The fourth-order valence-electron chi connectivity index (χ4n) is 5.33. The Balaban J connectivity index is 1.23. The van der Waals surface area contributed by atoms with Crippen LogP contribution in [0.5, 0.6) is 17.4 Å². The number of nitrogens with zero attached hydrogens (tertiary/aromatic N) is 4. The Hall–Kier alpha value is -5.48. The first-order valence-electron chi connectivity index (χ1n) is 15.5. The number of aryl methyl sites for hydroxylation is 2. The van der Waals surface area contributed by atoms with Crippen LogP contribution in [-0.2, 0) is 6.61 Å². The zero-order valence-electron chi connectivity index (χ0n) is 26.7. The van der Waals surface area contributed by atoms with Gasteiger partial charge in [-0.25, -0.2) is 9.37 Å². The summed E-state index contributed by atoms with van der Waals surface area (Å²) >= 11 is 0. The number of rotatable bonds is 10. The topological polar surface area (TPSA) is 91.9 Å². The Morgan fingerprint density at radius 1 is 0.872 bits per heavy atom. The molecule has 1 fully saturated rings. The minimum Gasteiger partial charge on any atom is -0.489 e. The van der Waals surface area contributed by atoms with Crippen molar-refractivity contribution in [1.29, 1.82) is 0 Å². The number of piperazine rings is 1. The number of para-hydroxylation sites is 1. The molecule has 1 saturated heterocycles. The number of halogens is 1. The molecule has 9 nitrogen and oxygen atoms in total. The van der Waals surface area contributed by atoms with Gasteiger partial charge in [-0.05, 0) is 80.1 Å². The highest BCUT2D eigenvalue weighted by Gasteiger charge is 2.21. The maximum absolute atomic E-state index is 15.2. The van der Waals surface area contributed by atoms with Gasteiger partial charge < -0.3 is 29.9 Å². The van der Waals surface area contributed by atoms with Crippen LogP contribution in [0.3, 0.4) is 0 Å². The van der Waals surface area contributed by atoms with Crippen molar-refractivity contribution in [2.45, 2.75) is 20.5 Å². The zero-order valence-corrected chi connectivity index (χ0v) is 26.7. The zero-order chi connectivity index (χ0) is 32.8. The van der Waals surface area contributed by atoms with Gasteiger partial charge in [0.25, 0.3) is 5.91 Å². The van der Waals surface area contributed by atoms with E-state index in [1.807, 2.05) is 67.3 Å². The quantitative estimate of drug-likeness (QED) is 0.165. The van der Waals surface area contributed by atoms with Gasteiger partial charge in [0.2, 0.25) is 11.8 Å². The second-order valence-electron chi connectivity index (χ2n) is 11.6. The number of amides is 1. The Morgan fingerprint density at radius 3 is 2.28 bits per heavy atom. The molecule has 0 aliphatic carbocycles. The van der Waals surface area contributed by atoms with Gasteiger partial charge >= 0.3 is 0 Å². The largest absolute Gasteiger partial charge is 0.489 e. The van der Waals surface area contributed by atoms with Crippen LogP contribution in [0.2, 0.25) is 0 Å². The highest BCUT2D eigenvalue weighted by atomic mass is 19.1. The van der Waals surface area contributed by atoms with Gasteiger partial charge in [-0.15, -0.1) is 0 Å². The van der Waals surface area contributed by atoms with E-state index in [9.17, 15) is 4.79 Å². The minimum absolute atomic E-state index is 0.0405. The molecule has 0 bridgehead atoms. The molecular weight excluding hydrogens is 595 g/mol. The summed E-state index contributed by atoms with van der Waals surface area (Å²) in [5.41, 5.74) is 4.78. The molecule has 0 unspecified atom stereocenters. The number of carbonyl (C=O) groups excluding carboxylic acids is 1. The summed E-state index contributed by atoms with van der Waals surface area (Å²) in [6.45, 7) is 7.57. The number of hydrogen-bond donors (Lipinski definition) is 2. The molecule has 2 N–H and O–H groups in total.